The Balaban J connectivity index is 2.30. The zero-order valence-electron chi connectivity index (χ0n) is 11.6. The number of fused-ring (bicyclic) bond motifs is 1. The van der Waals surface area contributed by atoms with Crippen molar-refractivity contribution in [2.75, 3.05) is 5.32 Å². The molecule has 0 saturated carbocycles. The fraction of sp³-hybridized carbons (Fsp3) is 0.267. The summed E-state index contributed by atoms with van der Waals surface area (Å²) in [5, 5.41) is 13.0. The van der Waals surface area contributed by atoms with Gasteiger partial charge in [0.15, 0.2) is 0 Å². The molecule has 21 heavy (non-hydrogen) atoms. The third-order valence-corrected chi connectivity index (χ3v) is 3.86. The summed E-state index contributed by atoms with van der Waals surface area (Å²) in [4.78, 5) is 27.3. The van der Waals surface area contributed by atoms with Gasteiger partial charge in [0.1, 0.15) is 0 Å². The first-order valence-electron chi connectivity index (χ1n) is 6.48. The Bertz CT molecular complexity index is 702. The third kappa shape index (κ3) is 3.13. The second-order valence-electron chi connectivity index (χ2n) is 4.90. The van der Waals surface area contributed by atoms with Crippen molar-refractivity contribution >= 4 is 40.1 Å². The molecule has 5 nitrogen and oxygen atoms in total. The molecule has 2 rings (SSSR count). The second kappa shape index (κ2) is 6.10. The molecule has 0 aliphatic carbocycles. The summed E-state index contributed by atoms with van der Waals surface area (Å²) in [7, 11) is 0. The molecule has 0 saturated heterocycles. The molecular weight excluding hydrogens is 292 g/mol. The van der Waals surface area contributed by atoms with Crippen molar-refractivity contribution in [3.05, 3.63) is 35.5 Å². The van der Waals surface area contributed by atoms with Crippen LogP contribution in [0.3, 0.4) is 0 Å². The van der Waals surface area contributed by atoms with E-state index in [-0.39, 0.29) is 5.91 Å². The largest absolute Gasteiger partial charge is 0.481 e. The Morgan fingerprint density at radius 3 is 2.62 bits per heavy atom. The van der Waals surface area contributed by atoms with Crippen LogP contribution in [0.25, 0.3) is 10.9 Å². The number of carbonyl (C=O) groups is 2. The Morgan fingerprint density at radius 2 is 1.95 bits per heavy atom. The number of hydrogen-bond acceptors (Lipinski definition) is 3. The van der Waals surface area contributed by atoms with Gasteiger partial charge in [-0.2, -0.15) is 0 Å². The van der Waals surface area contributed by atoms with Gasteiger partial charge in [-0.1, -0.05) is 25.4 Å². The lowest BCUT2D eigenvalue weighted by Gasteiger charge is -2.16. The van der Waals surface area contributed by atoms with E-state index in [0.717, 1.165) is 5.39 Å². The van der Waals surface area contributed by atoms with Crippen LogP contribution in [0.1, 0.15) is 13.8 Å². The van der Waals surface area contributed by atoms with Gasteiger partial charge in [0, 0.05) is 17.5 Å². The van der Waals surface area contributed by atoms with Crippen molar-refractivity contribution < 1.29 is 14.7 Å². The number of halogens is 1. The third-order valence-electron chi connectivity index (χ3n) is 3.53. The maximum absolute atomic E-state index is 12.2. The van der Waals surface area contributed by atoms with Crippen molar-refractivity contribution in [1.29, 1.82) is 0 Å². The predicted octanol–water partition coefficient (Wildman–Crippen LogP) is 3.18. The Kier molecular flexibility index (Phi) is 4.43. The molecule has 0 bridgehead atoms. The van der Waals surface area contributed by atoms with E-state index in [4.69, 9.17) is 16.7 Å². The molecule has 0 radical (unpaired) electrons. The first kappa shape index (κ1) is 15.3. The minimum absolute atomic E-state index is 0.362. The van der Waals surface area contributed by atoms with Crippen LogP contribution >= 0.6 is 11.6 Å². The van der Waals surface area contributed by atoms with Crippen molar-refractivity contribution in [3.63, 3.8) is 0 Å². The Morgan fingerprint density at radius 1 is 1.24 bits per heavy atom. The van der Waals surface area contributed by atoms with E-state index in [1.165, 1.54) is 6.92 Å². The molecule has 0 fully saturated rings. The van der Waals surface area contributed by atoms with Gasteiger partial charge in [0.05, 0.1) is 22.1 Å². The lowest BCUT2D eigenvalue weighted by atomic mass is 9.95. The fourth-order valence-corrected chi connectivity index (χ4v) is 2.14. The number of amides is 1. The van der Waals surface area contributed by atoms with Crippen molar-refractivity contribution in [2.24, 2.45) is 11.8 Å². The van der Waals surface area contributed by atoms with Crippen LogP contribution in [-0.4, -0.2) is 22.0 Å². The minimum atomic E-state index is -1.00. The number of pyridine rings is 1. The fourth-order valence-electron chi connectivity index (χ4n) is 1.93. The smallest absolute Gasteiger partial charge is 0.307 e. The molecule has 6 heteroatoms. The van der Waals surface area contributed by atoms with Crippen LogP contribution in [0.4, 0.5) is 5.69 Å². The number of aromatic nitrogens is 1. The van der Waals surface area contributed by atoms with Gasteiger partial charge in [0.25, 0.3) is 0 Å². The van der Waals surface area contributed by atoms with Crippen molar-refractivity contribution in [3.8, 4) is 0 Å². The van der Waals surface area contributed by atoms with Gasteiger partial charge in [-0.25, -0.2) is 0 Å². The summed E-state index contributed by atoms with van der Waals surface area (Å²) in [5.74, 6) is -2.79. The van der Waals surface area contributed by atoms with E-state index in [1.807, 2.05) is 6.07 Å². The number of rotatable bonds is 4. The molecule has 1 heterocycles. The van der Waals surface area contributed by atoms with Gasteiger partial charge in [0.2, 0.25) is 5.91 Å². The zero-order valence-corrected chi connectivity index (χ0v) is 12.4. The minimum Gasteiger partial charge on any atom is -0.481 e. The lowest BCUT2D eigenvalue weighted by Crippen LogP contribution is -2.30. The standard InChI is InChI=1S/C15H15ClN2O3/c1-8(9(2)15(20)21)14(19)18-12-6-5-11(16)10-4-3-7-17-13(10)12/h3-9H,1-2H3,(H,18,19)(H,20,21). The number of anilines is 1. The van der Waals surface area contributed by atoms with E-state index in [0.29, 0.717) is 16.2 Å². The number of benzene rings is 1. The number of carbonyl (C=O) groups excluding carboxylic acids is 1. The molecule has 1 aromatic heterocycles. The molecule has 1 amide bonds. The SMILES string of the molecule is CC(C(=O)O)C(C)C(=O)Nc1ccc(Cl)c2cccnc12. The van der Waals surface area contributed by atoms with E-state index in [9.17, 15) is 9.59 Å². The van der Waals surface area contributed by atoms with Crippen molar-refractivity contribution in [2.45, 2.75) is 13.8 Å². The molecule has 2 unspecified atom stereocenters. The van der Waals surface area contributed by atoms with Gasteiger partial charge in [-0.05, 0) is 24.3 Å². The predicted molar refractivity (Wildman–Crippen MR) is 81.3 cm³/mol. The summed E-state index contributed by atoms with van der Waals surface area (Å²) in [6.07, 6.45) is 1.61. The molecule has 2 aromatic rings. The van der Waals surface area contributed by atoms with Crippen LogP contribution < -0.4 is 5.32 Å². The van der Waals surface area contributed by atoms with Gasteiger partial charge in [-0.15, -0.1) is 0 Å². The molecule has 0 aliphatic rings. The highest BCUT2D eigenvalue weighted by atomic mass is 35.5. The zero-order chi connectivity index (χ0) is 15.6. The highest BCUT2D eigenvalue weighted by molar-refractivity contribution is 6.35. The van der Waals surface area contributed by atoms with Crippen molar-refractivity contribution in [1.82, 2.24) is 4.98 Å². The summed E-state index contributed by atoms with van der Waals surface area (Å²) < 4.78 is 0. The number of carboxylic acid groups (broad SMARTS) is 1. The maximum atomic E-state index is 12.2. The molecule has 0 aliphatic heterocycles. The second-order valence-corrected chi connectivity index (χ2v) is 5.31. The van der Waals surface area contributed by atoms with Gasteiger partial charge >= 0.3 is 5.97 Å². The first-order valence-corrected chi connectivity index (χ1v) is 6.86. The van der Waals surface area contributed by atoms with Gasteiger partial charge in [-0.3, -0.25) is 14.6 Å². The number of hydrogen-bond donors (Lipinski definition) is 2. The van der Waals surface area contributed by atoms with E-state index < -0.39 is 17.8 Å². The highest BCUT2D eigenvalue weighted by Gasteiger charge is 2.26. The number of nitrogens with one attached hydrogen (secondary N) is 1. The molecule has 0 spiro atoms. The van der Waals surface area contributed by atoms with Crippen LogP contribution in [0, 0.1) is 11.8 Å². The first-order chi connectivity index (χ1) is 9.91. The molecule has 110 valence electrons. The number of carboxylic acids is 1. The summed E-state index contributed by atoms with van der Waals surface area (Å²) in [6.45, 7) is 3.09. The lowest BCUT2D eigenvalue weighted by molar-refractivity contribution is -0.145. The van der Waals surface area contributed by atoms with Crippen LogP contribution in [-0.2, 0) is 9.59 Å². The molecule has 1 aromatic carbocycles. The average molecular weight is 307 g/mol. The number of nitrogens with zero attached hydrogens (tertiary/aromatic N) is 1. The molecular formula is C15H15ClN2O3. The van der Waals surface area contributed by atoms with E-state index >= 15 is 0 Å². The van der Waals surface area contributed by atoms with Gasteiger partial charge < -0.3 is 10.4 Å². The monoisotopic (exact) mass is 306 g/mol. The quantitative estimate of drug-likeness (QED) is 0.909. The van der Waals surface area contributed by atoms with Crippen LogP contribution in [0.15, 0.2) is 30.5 Å². The Labute approximate surface area is 126 Å². The van der Waals surface area contributed by atoms with Crippen LogP contribution in [0.5, 0.6) is 0 Å². The topological polar surface area (TPSA) is 79.3 Å². The molecule has 2 atom stereocenters. The summed E-state index contributed by atoms with van der Waals surface area (Å²) in [5.41, 5.74) is 1.10. The summed E-state index contributed by atoms with van der Waals surface area (Å²) in [6, 6.07) is 6.90. The average Bonchev–Trinajstić information content (AvgIpc) is 2.48. The summed E-state index contributed by atoms with van der Waals surface area (Å²) >= 11 is 6.09. The van der Waals surface area contributed by atoms with E-state index in [2.05, 4.69) is 10.3 Å². The van der Waals surface area contributed by atoms with Crippen LogP contribution in [0.2, 0.25) is 5.02 Å². The highest BCUT2D eigenvalue weighted by Crippen LogP contribution is 2.28. The van der Waals surface area contributed by atoms with E-state index in [1.54, 1.807) is 31.3 Å². The maximum Gasteiger partial charge on any atom is 0.307 e. The normalized spacial score (nSPS) is 13.7. The Hall–Kier alpha value is -2.14. The molecule has 2 N–H and O–H groups in total. The number of aliphatic carboxylic acids is 1.